The van der Waals surface area contributed by atoms with Gasteiger partial charge in [0.1, 0.15) is 5.75 Å². The summed E-state index contributed by atoms with van der Waals surface area (Å²) in [5, 5.41) is 32.1. The van der Waals surface area contributed by atoms with Crippen molar-refractivity contribution >= 4 is 21.6 Å². The SMILES string of the molecule is C[C@@H](CO)NCc1cc([N+](=O)[O-])cc(Br)c1O. The van der Waals surface area contributed by atoms with Gasteiger partial charge in [-0.05, 0) is 22.9 Å². The Balaban J connectivity index is 2.93. The second kappa shape index (κ2) is 5.95. The van der Waals surface area contributed by atoms with Crippen LogP contribution in [0.25, 0.3) is 0 Å². The Bertz CT molecular complexity index is 425. The third-order valence-electron chi connectivity index (χ3n) is 2.25. The number of halogens is 1. The summed E-state index contributed by atoms with van der Waals surface area (Å²) in [5.41, 5.74) is 0.314. The number of nitro groups is 1. The Hall–Kier alpha value is -1.18. The molecule has 0 saturated carbocycles. The number of aromatic hydroxyl groups is 1. The van der Waals surface area contributed by atoms with Crippen molar-refractivity contribution < 1.29 is 15.1 Å². The third kappa shape index (κ3) is 3.65. The van der Waals surface area contributed by atoms with Crippen LogP contribution in [0.3, 0.4) is 0 Å². The number of phenols is 1. The summed E-state index contributed by atoms with van der Waals surface area (Å²) >= 11 is 3.06. The number of hydrogen-bond donors (Lipinski definition) is 3. The van der Waals surface area contributed by atoms with E-state index in [1.54, 1.807) is 6.92 Å². The van der Waals surface area contributed by atoms with Crippen LogP contribution >= 0.6 is 15.9 Å². The molecule has 0 amide bonds. The van der Waals surface area contributed by atoms with E-state index in [4.69, 9.17) is 5.11 Å². The molecular formula is C10H13BrN2O4. The quantitative estimate of drug-likeness (QED) is 0.566. The molecule has 0 aliphatic carbocycles. The predicted octanol–water partition coefficient (Wildman–Crippen LogP) is 1.53. The minimum Gasteiger partial charge on any atom is -0.506 e. The zero-order valence-electron chi connectivity index (χ0n) is 9.18. The highest BCUT2D eigenvalue weighted by atomic mass is 79.9. The highest BCUT2D eigenvalue weighted by Gasteiger charge is 2.14. The van der Waals surface area contributed by atoms with Gasteiger partial charge in [0.15, 0.2) is 0 Å². The van der Waals surface area contributed by atoms with Crippen LogP contribution in [0.2, 0.25) is 0 Å². The van der Waals surface area contributed by atoms with Gasteiger partial charge in [-0.1, -0.05) is 0 Å². The molecule has 0 aliphatic heterocycles. The number of aliphatic hydroxyl groups is 1. The molecule has 1 rings (SSSR count). The molecule has 94 valence electrons. The van der Waals surface area contributed by atoms with Crippen LogP contribution in [0.1, 0.15) is 12.5 Å². The van der Waals surface area contributed by atoms with Crippen molar-refractivity contribution in [2.24, 2.45) is 0 Å². The van der Waals surface area contributed by atoms with Crippen LogP contribution < -0.4 is 5.32 Å². The Morgan fingerprint density at radius 1 is 1.59 bits per heavy atom. The predicted molar refractivity (Wildman–Crippen MR) is 65.8 cm³/mol. The second-order valence-corrected chi connectivity index (χ2v) is 4.51. The molecule has 0 spiro atoms. The fourth-order valence-corrected chi connectivity index (χ4v) is 1.72. The molecule has 0 aromatic heterocycles. The number of benzene rings is 1. The first-order valence-corrected chi connectivity index (χ1v) is 5.75. The Morgan fingerprint density at radius 3 is 2.76 bits per heavy atom. The smallest absolute Gasteiger partial charge is 0.271 e. The van der Waals surface area contributed by atoms with E-state index in [0.29, 0.717) is 5.56 Å². The van der Waals surface area contributed by atoms with Crippen LogP contribution in [-0.4, -0.2) is 27.8 Å². The summed E-state index contributed by atoms with van der Waals surface area (Å²) in [5.74, 6) is -0.0340. The molecule has 6 nitrogen and oxygen atoms in total. The molecule has 17 heavy (non-hydrogen) atoms. The first-order valence-electron chi connectivity index (χ1n) is 4.95. The summed E-state index contributed by atoms with van der Waals surface area (Å²) in [6.45, 7) is 1.97. The number of rotatable bonds is 5. The van der Waals surface area contributed by atoms with Crippen LogP contribution in [0, 0.1) is 10.1 Å². The molecule has 0 fully saturated rings. The summed E-state index contributed by atoms with van der Waals surface area (Å²) < 4.78 is 0.278. The highest BCUT2D eigenvalue weighted by molar-refractivity contribution is 9.10. The molecule has 0 aliphatic rings. The highest BCUT2D eigenvalue weighted by Crippen LogP contribution is 2.32. The van der Waals surface area contributed by atoms with Crippen molar-refractivity contribution in [2.75, 3.05) is 6.61 Å². The van der Waals surface area contributed by atoms with E-state index >= 15 is 0 Å². The summed E-state index contributed by atoms with van der Waals surface area (Å²) in [6.07, 6.45) is 0. The van der Waals surface area contributed by atoms with Gasteiger partial charge < -0.3 is 15.5 Å². The largest absolute Gasteiger partial charge is 0.506 e. The minimum absolute atomic E-state index is 0.0340. The summed E-state index contributed by atoms with van der Waals surface area (Å²) in [7, 11) is 0. The number of aliphatic hydroxyl groups excluding tert-OH is 1. The fourth-order valence-electron chi connectivity index (χ4n) is 1.23. The van der Waals surface area contributed by atoms with Crippen LogP contribution in [-0.2, 0) is 6.54 Å². The first kappa shape index (κ1) is 13.9. The Kier molecular flexibility index (Phi) is 4.86. The van der Waals surface area contributed by atoms with Crippen LogP contribution in [0.5, 0.6) is 5.75 Å². The van der Waals surface area contributed by atoms with E-state index in [9.17, 15) is 15.2 Å². The number of non-ortho nitro benzene ring substituents is 1. The number of nitro benzene ring substituents is 1. The average molecular weight is 305 g/mol. The van der Waals surface area contributed by atoms with Gasteiger partial charge in [-0.3, -0.25) is 10.1 Å². The average Bonchev–Trinajstić information content (AvgIpc) is 2.30. The molecule has 0 bridgehead atoms. The minimum atomic E-state index is -0.525. The van der Waals surface area contributed by atoms with Crippen LogP contribution in [0.4, 0.5) is 5.69 Å². The zero-order chi connectivity index (χ0) is 13.0. The van der Waals surface area contributed by atoms with Gasteiger partial charge >= 0.3 is 0 Å². The Morgan fingerprint density at radius 2 is 2.24 bits per heavy atom. The van der Waals surface area contributed by atoms with E-state index in [0.717, 1.165) is 0 Å². The van der Waals surface area contributed by atoms with Gasteiger partial charge in [-0.15, -0.1) is 0 Å². The van der Waals surface area contributed by atoms with E-state index in [2.05, 4.69) is 21.2 Å². The topological polar surface area (TPSA) is 95.6 Å². The summed E-state index contributed by atoms with van der Waals surface area (Å²) in [6, 6.07) is 2.40. The molecule has 3 N–H and O–H groups in total. The van der Waals surface area contributed by atoms with Gasteiger partial charge in [-0.2, -0.15) is 0 Å². The molecule has 1 aromatic carbocycles. The van der Waals surface area contributed by atoms with Crippen molar-refractivity contribution in [3.05, 3.63) is 32.3 Å². The van der Waals surface area contributed by atoms with Gasteiger partial charge in [-0.25, -0.2) is 0 Å². The molecule has 0 unspecified atom stereocenters. The summed E-state index contributed by atoms with van der Waals surface area (Å²) in [4.78, 5) is 10.1. The third-order valence-corrected chi connectivity index (χ3v) is 2.86. The fraction of sp³-hybridized carbons (Fsp3) is 0.400. The maximum Gasteiger partial charge on any atom is 0.271 e. The number of nitrogens with zero attached hydrogens (tertiary/aromatic N) is 1. The van der Waals surface area contributed by atoms with E-state index in [1.165, 1.54) is 12.1 Å². The van der Waals surface area contributed by atoms with E-state index < -0.39 is 4.92 Å². The molecule has 7 heteroatoms. The number of hydrogen-bond acceptors (Lipinski definition) is 5. The van der Waals surface area contributed by atoms with Gasteiger partial charge in [0.05, 0.1) is 16.0 Å². The Labute approximate surface area is 107 Å². The van der Waals surface area contributed by atoms with Crippen molar-refractivity contribution in [1.29, 1.82) is 0 Å². The van der Waals surface area contributed by atoms with Gasteiger partial charge in [0.25, 0.3) is 5.69 Å². The molecule has 0 saturated heterocycles. The van der Waals surface area contributed by atoms with Crippen LogP contribution in [0.15, 0.2) is 16.6 Å². The van der Waals surface area contributed by atoms with E-state index in [1.807, 2.05) is 0 Å². The van der Waals surface area contributed by atoms with Crippen molar-refractivity contribution in [2.45, 2.75) is 19.5 Å². The molecule has 0 radical (unpaired) electrons. The van der Waals surface area contributed by atoms with Crippen molar-refractivity contribution in [3.8, 4) is 5.75 Å². The standard InChI is InChI=1S/C10H13BrN2O4/c1-6(5-14)12-4-7-2-8(13(16)17)3-9(11)10(7)15/h2-3,6,12,14-15H,4-5H2,1H3/t6-/m0/s1. The maximum absolute atomic E-state index is 10.7. The second-order valence-electron chi connectivity index (χ2n) is 3.66. The maximum atomic E-state index is 10.7. The van der Waals surface area contributed by atoms with Gasteiger partial charge in [0, 0.05) is 30.3 Å². The molecule has 1 aromatic rings. The lowest BCUT2D eigenvalue weighted by Gasteiger charge is -2.12. The van der Waals surface area contributed by atoms with Gasteiger partial charge in [0.2, 0.25) is 0 Å². The van der Waals surface area contributed by atoms with E-state index in [-0.39, 0.29) is 35.1 Å². The monoisotopic (exact) mass is 304 g/mol. The normalized spacial score (nSPS) is 12.4. The number of nitrogens with one attached hydrogen (secondary N) is 1. The molecule has 1 atom stereocenters. The zero-order valence-corrected chi connectivity index (χ0v) is 10.8. The number of phenolic OH excluding ortho intramolecular Hbond substituents is 1. The molecular weight excluding hydrogens is 292 g/mol. The first-order chi connectivity index (χ1) is 7.95. The molecule has 0 heterocycles. The van der Waals surface area contributed by atoms with Crippen molar-refractivity contribution in [1.82, 2.24) is 5.32 Å². The lowest BCUT2D eigenvalue weighted by atomic mass is 10.1. The van der Waals surface area contributed by atoms with Crippen molar-refractivity contribution in [3.63, 3.8) is 0 Å². The lowest BCUT2D eigenvalue weighted by Crippen LogP contribution is -2.28. The lowest BCUT2D eigenvalue weighted by molar-refractivity contribution is -0.385.